The topological polar surface area (TPSA) is 21.3 Å². The van der Waals surface area contributed by atoms with Gasteiger partial charge in [-0.2, -0.15) is 0 Å². The predicted octanol–water partition coefficient (Wildman–Crippen LogP) is 2.60. The van der Waals surface area contributed by atoms with Gasteiger partial charge in [-0.25, -0.2) is 0 Å². The van der Waals surface area contributed by atoms with E-state index in [0.717, 1.165) is 12.2 Å². The van der Waals surface area contributed by atoms with Gasteiger partial charge in [-0.05, 0) is 44.9 Å². The van der Waals surface area contributed by atoms with Gasteiger partial charge in [0.05, 0.1) is 6.10 Å². The Balaban J connectivity index is 1.79. The molecule has 1 aromatic rings. The lowest BCUT2D eigenvalue weighted by Gasteiger charge is -2.18. The molecule has 0 aromatic heterocycles. The van der Waals surface area contributed by atoms with Crippen molar-refractivity contribution in [1.82, 2.24) is 5.32 Å². The minimum Gasteiger partial charge on any atom is -0.491 e. The van der Waals surface area contributed by atoms with Crippen molar-refractivity contribution in [3.05, 3.63) is 30.3 Å². The van der Waals surface area contributed by atoms with Crippen LogP contribution in [0.3, 0.4) is 0 Å². The van der Waals surface area contributed by atoms with Crippen molar-refractivity contribution in [2.24, 2.45) is 0 Å². The highest BCUT2D eigenvalue weighted by Gasteiger charge is 2.17. The van der Waals surface area contributed by atoms with Gasteiger partial charge in [0.15, 0.2) is 0 Å². The molecule has 0 spiro atoms. The van der Waals surface area contributed by atoms with Gasteiger partial charge in [-0.3, -0.25) is 0 Å². The molecule has 2 atom stereocenters. The molecule has 0 aliphatic carbocycles. The summed E-state index contributed by atoms with van der Waals surface area (Å²) in [5, 5.41) is 3.49. The lowest BCUT2D eigenvalue weighted by atomic mass is 10.1. The zero-order valence-electron chi connectivity index (χ0n) is 9.28. The number of nitrogens with one attached hydrogen (secondary N) is 1. The summed E-state index contributed by atoms with van der Waals surface area (Å²) >= 11 is 0. The molecule has 0 amide bonds. The van der Waals surface area contributed by atoms with Gasteiger partial charge in [-0.15, -0.1) is 0 Å². The minimum absolute atomic E-state index is 0.294. The third-order valence-corrected chi connectivity index (χ3v) is 2.86. The fourth-order valence-corrected chi connectivity index (χ4v) is 2.14. The van der Waals surface area contributed by atoms with Crippen molar-refractivity contribution < 1.29 is 4.74 Å². The quantitative estimate of drug-likeness (QED) is 0.815. The lowest BCUT2D eigenvalue weighted by Crippen LogP contribution is -2.28. The standard InChI is InChI=1S/C13H19NO/c1-11(10-12-6-5-9-14-12)15-13-7-3-2-4-8-13/h2-4,7-8,11-12,14H,5-6,9-10H2,1H3. The molecular weight excluding hydrogens is 186 g/mol. The van der Waals surface area contributed by atoms with E-state index in [1.807, 2.05) is 30.3 Å². The second-order valence-electron chi connectivity index (χ2n) is 4.27. The van der Waals surface area contributed by atoms with E-state index in [2.05, 4.69) is 12.2 Å². The molecule has 82 valence electrons. The maximum atomic E-state index is 5.84. The second-order valence-corrected chi connectivity index (χ2v) is 4.27. The van der Waals surface area contributed by atoms with Crippen LogP contribution in [0, 0.1) is 0 Å². The summed E-state index contributed by atoms with van der Waals surface area (Å²) in [6.07, 6.45) is 4.00. The van der Waals surface area contributed by atoms with Gasteiger partial charge in [0.25, 0.3) is 0 Å². The van der Waals surface area contributed by atoms with Gasteiger partial charge >= 0.3 is 0 Å². The van der Waals surface area contributed by atoms with Crippen molar-refractivity contribution in [1.29, 1.82) is 0 Å². The van der Waals surface area contributed by atoms with E-state index in [9.17, 15) is 0 Å². The average molecular weight is 205 g/mol. The monoisotopic (exact) mass is 205 g/mol. The van der Waals surface area contributed by atoms with Gasteiger partial charge in [-0.1, -0.05) is 18.2 Å². The van der Waals surface area contributed by atoms with Crippen molar-refractivity contribution in [3.63, 3.8) is 0 Å². The maximum Gasteiger partial charge on any atom is 0.119 e. The fraction of sp³-hybridized carbons (Fsp3) is 0.538. The number of ether oxygens (including phenoxy) is 1. The highest BCUT2D eigenvalue weighted by atomic mass is 16.5. The molecule has 2 rings (SSSR count). The molecule has 1 N–H and O–H groups in total. The molecule has 0 saturated carbocycles. The first-order valence-electron chi connectivity index (χ1n) is 5.79. The highest BCUT2D eigenvalue weighted by molar-refractivity contribution is 5.21. The summed E-state index contributed by atoms with van der Waals surface area (Å²) in [7, 11) is 0. The van der Waals surface area contributed by atoms with Crippen LogP contribution in [0.5, 0.6) is 5.75 Å². The number of hydrogen-bond donors (Lipinski definition) is 1. The number of hydrogen-bond acceptors (Lipinski definition) is 2. The summed E-state index contributed by atoms with van der Waals surface area (Å²) in [6.45, 7) is 3.32. The SMILES string of the molecule is CC(CC1CCCN1)Oc1ccccc1. The Hall–Kier alpha value is -1.02. The molecule has 0 radical (unpaired) electrons. The lowest BCUT2D eigenvalue weighted by molar-refractivity contribution is 0.197. The number of para-hydroxylation sites is 1. The normalized spacial score (nSPS) is 22.6. The molecule has 2 heteroatoms. The van der Waals surface area contributed by atoms with Crippen molar-refractivity contribution in [2.45, 2.75) is 38.3 Å². The van der Waals surface area contributed by atoms with Crippen molar-refractivity contribution in [3.8, 4) is 5.75 Å². The smallest absolute Gasteiger partial charge is 0.119 e. The van der Waals surface area contributed by atoms with E-state index in [4.69, 9.17) is 4.74 Å². The molecule has 1 aliphatic heterocycles. The number of rotatable bonds is 4. The molecule has 1 heterocycles. The average Bonchev–Trinajstić information content (AvgIpc) is 2.71. The van der Waals surface area contributed by atoms with Crippen LogP contribution in [0.25, 0.3) is 0 Å². The maximum absolute atomic E-state index is 5.84. The van der Waals surface area contributed by atoms with Gasteiger partial charge < -0.3 is 10.1 Å². The molecule has 1 fully saturated rings. The second kappa shape index (κ2) is 5.17. The zero-order chi connectivity index (χ0) is 10.5. The summed E-state index contributed by atoms with van der Waals surface area (Å²) in [4.78, 5) is 0. The fourth-order valence-electron chi connectivity index (χ4n) is 2.14. The summed E-state index contributed by atoms with van der Waals surface area (Å²) in [6, 6.07) is 10.7. The third-order valence-electron chi connectivity index (χ3n) is 2.86. The van der Waals surface area contributed by atoms with E-state index in [0.29, 0.717) is 12.1 Å². The predicted molar refractivity (Wildman–Crippen MR) is 62.2 cm³/mol. The first-order valence-corrected chi connectivity index (χ1v) is 5.79. The highest BCUT2D eigenvalue weighted by Crippen LogP contribution is 2.16. The Bertz CT molecular complexity index is 280. The molecule has 15 heavy (non-hydrogen) atoms. The Kier molecular flexibility index (Phi) is 3.62. The molecule has 1 aromatic carbocycles. The molecule has 1 aliphatic rings. The van der Waals surface area contributed by atoms with Crippen LogP contribution < -0.4 is 10.1 Å². The molecule has 2 nitrogen and oxygen atoms in total. The first-order chi connectivity index (χ1) is 7.34. The van der Waals surface area contributed by atoms with Crippen molar-refractivity contribution >= 4 is 0 Å². The zero-order valence-corrected chi connectivity index (χ0v) is 9.28. The largest absolute Gasteiger partial charge is 0.491 e. The molecule has 1 saturated heterocycles. The van der Waals surface area contributed by atoms with E-state index >= 15 is 0 Å². The van der Waals surface area contributed by atoms with E-state index < -0.39 is 0 Å². The third kappa shape index (κ3) is 3.24. The van der Waals surface area contributed by atoms with Crippen LogP contribution in [0.4, 0.5) is 0 Å². The van der Waals surface area contributed by atoms with Crippen LogP contribution in [-0.4, -0.2) is 18.7 Å². The Morgan fingerprint density at radius 2 is 2.20 bits per heavy atom. The Morgan fingerprint density at radius 3 is 2.87 bits per heavy atom. The minimum atomic E-state index is 0.294. The van der Waals surface area contributed by atoms with Gasteiger partial charge in [0, 0.05) is 6.04 Å². The summed E-state index contributed by atoms with van der Waals surface area (Å²) in [5.74, 6) is 0.975. The van der Waals surface area contributed by atoms with Crippen LogP contribution in [0.1, 0.15) is 26.2 Å². The summed E-state index contributed by atoms with van der Waals surface area (Å²) in [5.41, 5.74) is 0. The first kappa shape index (κ1) is 10.5. The molecule has 2 unspecified atom stereocenters. The number of benzene rings is 1. The van der Waals surface area contributed by atoms with Crippen LogP contribution >= 0.6 is 0 Å². The molecular formula is C13H19NO. The van der Waals surface area contributed by atoms with Gasteiger partial charge in [0.1, 0.15) is 5.75 Å². The molecule has 0 bridgehead atoms. The van der Waals surface area contributed by atoms with E-state index in [1.54, 1.807) is 0 Å². The van der Waals surface area contributed by atoms with Crippen LogP contribution in [0.15, 0.2) is 30.3 Å². The summed E-state index contributed by atoms with van der Waals surface area (Å²) < 4.78 is 5.84. The Morgan fingerprint density at radius 1 is 1.40 bits per heavy atom. The Labute approximate surface area is 91.6 Å². The van der Waals surface area contributed by atoms with Crippen molar-refractivity contribution in [2.75, 3.05) is 6.54 Å². The van der Waals surface area contributed by atoms with E-state index in [1.165, 1.54) is 19.4 Å². The van der Waals surface area contributed by atoms with Gasteiger partial charge in [0.2, 0.25) is 0 Å². The van der Waals surface area contributed by atoms with E-state index in [-0.39, 0.29) is 0 Å². The van der Waals surface area contributed by atoms with Crippen LogP contribution in [0.2, 0.25) is 0 Å². The van der Waals surface area contributed by atoms with Crippen LogP contribution in [-0.2, 0) is 0 Å².